The topological polar surface area (TPSA) is 102 Å². The van der Waals surface area contributed by atoms with Gasteiger partial charge in [0.05, 0.1) is 22.3 Å². The van der Waals surface area contributed by atoms with Crippen LogP contribution in [0.4, 0.5) is 0 Å². The van der Waals surface area contributed by atoms with Crippen molar-refractivity contribution in [3.8, 4) is 5.69 Å². The highest BCUT2D eigenvalue weighted by molar-refractivity contribution is 5.97. The van der Waals surface area contributed by atoms with Gasteiger partial charge in [-0.05, 0) is 44.2 Å². The third-order valence-electron chi connectivity index (χ3n) is 5.02. The third-order valence-corrected chi connectivity index (χ3v) is 5.02. The minimum atomic E-state index is -0.489. The van der Waals surface area contributed by atoms with Crippen LogP contribution in [0.3, 0.4) is 0 Å². The number of H-pyrrole nitrogens is 1. The molecule has 0 spiro atoms. The minimum absolute atomic E-state index is 0.280. The first-order valence-corrected chi connectivity index (χ1v) is 9.63. The number of aromatic nitrogens is 4. The standard InChI is InChI=1S/C22H21N5O3/c1-3-26-21(29)18-10-9-15(11-19(18)24-22(26)30)20(28)23-12-16-13-27(25-14(16)2)17-7-5-4-6-8-17/h4-11,13H,3,12H2,1-2H3,(H,23,28)(H,24,30). The molecule has 2 aromatic carbocycles. The zero-order valence-electron chi connectivity index (χ0n) is 16.7. The molecule has 2 N–H and O–H groups in total. The molecule has 1 amide bonds. The monoisotopic (exact) mass is 403 g/mol. The quantitative estimate of drug-likeness (QED) is 0.533. The van der Waals surface area contributed by atoms with Crippen molar-refractivity contribution in [2.45, 2.75) is 26.9 Å². The maximum Gasteiger partial charge on any atom is 0.328 e. The van der Waals surface area contributed by atoms with Crippen LogP contribution in [-0.4, -0.2) is 25.2 Å². The van der Waals surface area contributed by atoms with E-state index in [1.165, 1.54) is 6.07 Å². The summed E-state index contributed by atoms with van der Waals surface area (Å²) in [5.41, 5.74) is 2.50. The summed E-state index contributed by atoms with van der Waals surface area (Å²) in [4.78, 5) is 39.7. The average molecular weight is 403 g/mol. The van der Waals surface area contributed by atoms with Gasteiger partial charge in [-0.1, -0.05) is 18.2 Å². The summed E-state index contributed by atoms with van der Waals surface area (Å²) < 4.78 is 2.89. The number of nitrogens with zero attached hydrogens (tertiary/aromatic N) is 3. The first-order valence-electron chi connectivity index (χ1n) is 9.63. The maximum atomic E-state index is 12.6. The van der Waals surface area contributed by atoms with Gasteiger partial charge in [0.2, 0.25) is 0 Å². The Labute approximate surface area is 171 Å². The number of para-hydroxylation sites is 1. The van der Waals surface area contributed by atoms with E-state index in [1.807, 2.05) is 43.5 Å². The molecule has 0 fully saturated rings. The number of fused-ring (bicyclic) bond motifs is 1. The van der Waals surface area contributed by atoms with Crippen molar-refractivity contribution in [2.24, 2.45) is 0 Å². The smallest absolute Gasteiger partial charge is 0.328 e. The van der Waals surface area contributed by atoms with Gasteiger partial charge in [0, 0.05) is 30.4 Å². The van der Waals surface area contributed by atoms with Crippen LogP contribution in [0.1, 0.15) is 28.5 Å². The zero-order valence-corrected chi connectivity index (χ0v) is 16.7. The van der Waals surface area contributed by atoms with Crippen LogP contribution < -0.4 is 16.6 Å². The van der Waals surface area contributed by atoms with Crippen molar-refractivity contribution < 1.29 is 4.79 Å². The molecule has 0 radical (unpaired) electrons. The predicted octanol–water partition coefficient (Wildman–Crippen LogP) is 2.13. The fraction of sp³-hybridized carbons (Fsp3) is 0.182. The van der Waals surface area contributed by atoms with E-state index < -0.39 is 5.69 Å². The van der Waals surface area contributed by atoms with E-state index in [0.717, 1.165) is 21.5 Å². The molecule has 4 aromatic rings. The molecular weight excluding hydrogens is 382 g/mol. The number of hydrogen-bond acceptors (Lipinski definition) is 4. The Morgan fingerprint density at radius 3 is 2.63 bits per heavy atom. The fourth-order valence-corrected chi connectivity index (χ4v) is 3.34. The molecule has 0 bridgehead atoms. The maximum absolute atomic E-state index is 12.6. The van der Waals surface area contributed by atoms with Gasteiger partial charge in [0.1, 0.15) is 0 Å². The fourth-order valence-electron chi connectivity index (χ4n) is 3.34. The Morgan fingerprint density at radius 1 is 1.13 bits per heavy atom. The number of rotatable bonds is 5. The lowest BCUT2D eigenvalue weighted by molar-refractivity contribution is 0.0951. The summed E-state index contributed by atoms with van der Waals surface area (Å²) in [6, 6.07) is 14.4. The number of aryl methyl sites for hydroxylation is 1. The van der Waals surface area contributed by atoms with Gasteiger partial charge in [-0.3, -0.25) is 14.2 Å². The highest BCUT2D eigenvalue weighted by Gasteiger charge is 2.12. The van der Waals surface area contributed by atoms with Crippen LogP contribution >= 0.6 is 0 Å². The van der Waals surface area contributed by atoms with Gasteiger partial charge in [0.15, 0.2) is 0 Å². The lowest BCUT2D eigenvalue weighted by atomic mass is 10.1. The highest BCUT2D eigenvalue weighted by Crippen LogP contribution is 2.13. The molecule has 0 aliphatic carbocycles. The summed E-state index contributed by atoms with van der Waals surface area (Å²) >= 11 is 0. The van der Waals surface area contributed by atoms with E-state index in [-0.39, 0.29) is 18.0 Å². The van der Waals surface area contributed by atoms with E-state index in [4.69, 9.17) is 0 Å². The summed E-state index contributed by atoms with van der Waals surface area (Å²) in [5, 5.41) is 7.74. The van der Waals surface area contributed by atoms with Crippen molar-refractivity contribution in [1.82, 2.24) is 24.6 Å². The summed E-state index contributed by atoms with van der Waals surface area (Å²) in [5.74, 6) is -0.302. The third kappa shape index (κ3) is 3.55. The Hall–Kier alpha value is -3.94. The molecule has 0 aliphatic heterocycles. The molecular formula is C22H21N5O3. The summed E-state index contributed by atoms with van der Waals surface area (Å²) in [6.45, 7) is 4.21. The van der Waals surface area contributed by atoms with Gasteiger partial charge in [-0.15, -0.1) is 0 Å². The van der Waals surface area contributed by atoms with Crippen molar-refractivity contribution in [2.75, 3.05) is 0 Å². The number of carbonyl (C=O) groups excluding carboxylic acids is 1. The number of hydrogen-bond donors (Lipinski definition) is 2. The molecule has 0 saturated heterocycles. The molecule has 8 nitrogen and oxygen atoms in total. The van der Waals surface area contributed by atoms with Crippen LogP contribution in [0.2, 0.25) is 0 Å². The van der Waals surface area contributed by atoms with Gasteiger partial charge < -0.3 is 10.3 Å². The van der Waals surface area contributed by atoms with E-state index in [0.29, 0.717) is 23.0 Å². The van der Waals surface area contributed by atoms with Gasteiger partial charge >= 0.3 is 5.69 Å². The van der Waals surface area contributed by atoms with E-state index >= 15 is 0 Å². The van der Waals surface area contributed by atoms with Crippen LogP contribution in [0.15, 0.2) is 64.3 Å². The number of nitrogens with one attached hydrogen (secondary N) is 2. The number of carbonyl (C=O) groups is 1. The van der Waals surface area contributed by atoms with Crippen LogP contribution in [0.5, 0.6) is 0 Å². The van der Waals surface area contributed by atoms with E-state index in [1.54, 1.807) is 23.7 Å². The minimum Gasteiger partial charge on any atom is -0.348 e. The molecule has 0 atom stereocenters. The Morgan fingerprint density at radius 2 is 1.90 bits per heavy atom. The molecule has 30 heavy (non-hydrogen) atoms. The van der Waals surface area contributed by atoms with E-state index in [2.05, 4.69) is 15.4 Å². The Balaban J connectivity index is 1.55. The first-order chi connectivity index (χ1) is 14.5. The molecule has 0 unspecified atom stereocenters. The molecule has 0 aliphatic rings. The number of amides is 1. The number of aromatic amines is 1. The van der Waals surface area contributed by atoms with Crippen LogP contribution in [0.25, 0.3) is 16.6 Å². The molecule has 0 saturated carbocycles. The van der Waals surface area contributed by atoms with E-state index in [9.17, 15) is 14.4 Å². The van der Waals surface area contributed by atoms with Gasteiger partial charge in [-0.2, -0.15) is 5.10 Å². The SMILES string of the molecule is CCn1c(=O)[nH]c2cc(C(=O)NCc3cn(-c4ccccc4)nc3C)ccc2c1=O. The van der Waals surface area contributed by atoms with Crippen molar-refractivity contribution in [1.29, 1.82) is 0 Å². The normalized spacial score (nSPS) is 11.0. The van der Waals surface area contributed by atoms with Gasteiger partial charge in [0.25, 0.3) is 11.5 Å². The second-order valence-corrected chi connectivity index (χ2v) is 6.94. The van der Waals surface area contributed by atoms with Crippen molar-refractivity contribution >= 4 is 16.8 Å². The van der Waals surface area contributed by atoms with Crippen molar-refractivity contribution in [3.63, 3.8) is 0 Å². The van der Waals surface area contributed by atoms with Crippen LogP contribution in [0, 0.1) is 6.92 Å². The average Bonchev–Trinajstić information content (AvgIpc) is 3.13. The first kappa shape index (κ1) is 19.4. The second kappa shape index (κ2) is 7.82. The summed E-state index contributed by atoms with van der Waals surface area (Å²) in [6.07, 6.45) is 1.88. The molecule has 152 valence electrons. The van der Waals surface area contributed by atoms with Gasteiger partial charge in [-0.25, -0.2) is 9.48 Å². The second-order valence-electron chi connectivity index (χ2n) is 6.94. The summed E-state index contributed by atoms with van der Waals surface area (Å²) in [7, 11) is 0. The Kier molecular flexibility index (Phi) is 5.05. The number of benzene rings is 2. The Bertz CT molecular complexity index is 1350. The molecule has 4 rings (SSSR count). The highest BCUT2D eigenvalue weighted by atomic mass is 16.2. The molecule has 2 heterocycles. The van der Waals surface area contributed by atoms with Crippen LogP contribution in [-0.2, 0) is 13.1 Å². The largest absolute Gasteiger partial charge is 0.348 e. The zero-order chi connectivity index (χ0) is 21.3. The lowest BCUT2D eigenvalue weighted by Gasteiger charge is -2.07. The van der Waals surface area contributed by atoms with Crippen molar-refractivity contribution in [3.05, 3.63) is 92.4 Å². The molecule has 2 aromatic heterocycles. The molecule has 8 heteroatoms. The predicted molar refractivity (Wildman–Crippen MR) is 114 cm³/mol. The lowest BCUT2D eigenvalue weighted by Crippen LogP contribution is -2.34.